The van der Waals surface area contributed by atoms with Crippen molar-refractivity contribution in [2.24, 2.45) is 5.92 Å². The zero-order valence-corrected chi connectivity index (χ0v) is 10.1. The van der Waals surface area contributed by atoms with Gasteiger partial charge in [-0.25, -0.2) is 0 Å². The SMILES string of the molecule is Cc1cc(NCC2CCCC2)ccc1[N+](=O)[O-]. The highest BCUT2D eigenvalue weighted by molar-refractivity contribution is 5.53. The molecule has 0 bridgehead atoms. The third-order valence-electron chi connectivity index (χ3n) is 3.46. The van der Waals surface area contributed by atoms with Gasteiger partial charge < -0.3 is 5.32 Å². The van der Waals surface area contributed by atoms with Gasteiger partial charge in [0.05, 0.1) is 4.92 Å². The van der Waals surface area contributed by atoms with E-state index in [4.69, 9.17) is 0 Å². The largest absolute Gasteiger partial charge is 0.385 e. The molecule has 1 aromatic rings. The Morgan fingerprint density at radius 3 is 2.71 bits per heavy atom. The van der Waals surface area contributed by atoms with Crippen LogP contribution >= 0.6 is 0 Å². The molecule has 0 aliphatic heterocycles. The number of aryl methyl sites for hydroxylation is 1. The highest BCUT2D eigenvalue weighted by Crippen LogP contribution is 2.26. The fraction of sp³-hybridized carbons (Fsp3) is 0.538. The number of anilines is 1. The predicted molar refractivity (Wildman–Crippen MR) is 68.3 cm³/mol. The fourth-order valence-electron chi connectivity index (χ4n) is 2.45. The smallest absolute Gasteiger partial charge is 0.272 e. The Morgan fingerprint density at radius 1 is 1.41 bits per heavy atom. The first-order chi connectivity index (χ1) is 8.16. The van der Waals surface area contributed by atoms with Crippen LogP contribution in [0, 0.1) is 23.0 Å². The Kier molecular flexibility index (Phi) is 3.61. The Hall–Kier alpha value is -1.58. The average Bonchev–Trinajstić information content (AvgIpc) is 2.78. The van der Waals surface area contributed by atoms with Crippen molar-refractivity contribution in [2.45, 2.75) is 32.6 Å². The molecule has 92 valence electrons. The molecular formula is C13H18N2O2. The zero-order chi connectivity index (χ0) is 12.3. The van der Waals surface area contributed by atoms with Crippen LogP contribution in [-0.4, -0.2) is 11.5 Å². The molecule has 0 heterocycles. The van der Waals surface area contributed by atoms with E-state index in [9.17, 15) is 10.1 Å². The Morgan fingerprint density at radius 2 is 2.12 bits per heavy atom. The van der Waals surface area contributed by atoms with E-state index < -0.39 is 0 Å². The molecule has 1 aliphatic rings. The van der Waals surface area contributed by atoms with Crippen molar-refractivity contribution in [3.63, 3.8) is 0 Å². The van der Waals surface area contributed by atoms with E-state index >= 15 is 0 Å². The number of benzene rings is 1. The van der Waals surface area contributed by atoms with E-state index in [-0.39, 0.29) is 10.6 Å². The van der Waals surface area contributed by atoms with Crippen LogP contribution in [0.3, 0.4) is 0 Å². The summed E-state index contributed by atoms with van der Waals surface area (Å²) in [5.41, 5.74) is 1.89. The van der Waals surface area contributed by atoms with E-state index in [1.54, 1.807) is 19.1 Å². The number of rotatable bonds is 4. The minimum absolute atomic E-state index is 0.191. The fourth-order valence-corrected chi connectivity index (χ4v) is 2.45. The van der Waals surface area contributed by atoms with E-state index in [1.807, 2.05) is 6.07 Å². The van der Waals surface area contributed by atoms with E-state index in [0.717, 1.165) is 18.2 Å². The molecule has 4 heteroatoms. The number of nitro groups is 1. The standard InChI is InChI=1S/C13H18N2O2/c1-10-8-12(6-7-13(10)15(16)17)14-9-11-4-2-3-5-11/h6-8,11,14H,2-5,9H2,1H3. The molecule has 0 spiro atoms. The van der Waals surface area contributed by atoms with E-state index in [1.165, 1.54) is 25.7 Å². The lowest BCUT2D eigenvalue weighted by molar-refractivity contribution is -0.385. The van der Waals surface area contributed by atoms with Gasteiger partial charge in [-0.3, -0.25) is 10.1 Å². The van der Waals surface area contributed by atoms with Crippen LogP contribution in [0.2, 0.25) is 0 Å². The van der Waals surface area contributed by atoms with Gasteiger partial charge in [0.25, 0.3) is 5.69 Å². The van der Waals surface area contributed by atoms with Gasteiger partial charge in [0, 0.05) is 23.9 Å². The van der Waals surface area contributed by atoms with Crippen molar-refractivity contribution in [3.8, 4) is 0 Å². The molecular weight excluding hydrogens is 216 g/mol. The third kappa shape index (κ3) is 2.96. The first kappa shape index (κ1) is 11.9. The zero-order valence-electron chi connectivity index (χ0n) is 10.1. The summed E-state index contributed by atoms with van der Waals surface area (Å²) >= 11 is 0. The first-order valence-corrected chi connectivity index (χ1v) is 6.16. The quantitative estimate of drug-likeness (QED) is 0.640. The van der Waals surface area contributed by atoms with Crippen LogP contribution in [0.25, 0.3) is 0 Å². The molecule has 0 amide bonds. The number of nitro benzene ring substituents is 1. The van der Waals surface area contributed by atoms with Gasteiger partial charge in [-0.2, -0.15) is 0 Å². The maximum absolute atomic E-state index is 10.7. The average molecular weight is 234 g/mol. The molecule has 17 heavy (non-hydrogen) atoms. The summed E-state index contributed by atoms with van der Waals surface area (Å²) < 4.78 is 0. The van der Waals surface area contributed by atoms with Crippen LogP contribution < -0.4 is 5.32 Å². The van der Waals surface area contributed by atoms with Gasteiger partial charge in [-0.05, 0) is 37.8 Å². The molecule has 1 saturated carbocycles. The second-order valence-electron chi connectivity index (χ2n) is 4.79. The summed E-state index contributed by atoms with van der Waals surface area (Å²) in [4.78, 5) is 10.3. The van der Waals surface area contributed by atoms with Crippen LogP contribution in [0.15, 0.2) is 18.2 Å². The maximum atomic E-state index is 10.7. The molecule has 1 aliphatic carbocycles. The second kappa shape index (κ2) is 5.17. The molecule has 0 radical (unpaired) electrons. The summed E-state index contributed by atoms with van der Waals surface area (Å²) in [5.74, 6) is 0.769. The number of nitrogens with zero attached hydrogens (tertiary/aromatic N) is 1. The minimum atomic E-state index is -0.337. The van der Waals surface area contributed by atoms with Crippen molar-refractivity contribution >= 4 is 11.4 Å². The molecule has 0 saturated heterocycles. The lowest BCUT2D eigenvalue weighted by Gasteiger charge is -2.12. The van der Waals surface area contributed by atoms with Gasteiger partial charge >= 0.3 is 0 Å². The molecule has 1 fully saturated rings. The van der Waals surface area contributed by atoms with Gasteiger partial charge in [-0.15, -0.1) is 0 Å². The van der Waals surface area contributed by atoms with Gasteiger partial charge in [-0.1, -0.05) is 12.8 Å². The van der Waals surface area contributed by atoms with Crippen LogP contribution in [0.5, 0.6) is 0 Å². The van der Waals surface area contributed by atoms with Gasteiger partial charge in [0.1, 0.15) is 0 Å². The number of hydrogen-bond acceptors (Lipinski definition) is 3. The van der Waals surface area contributed by atoms with Crippen molar-refractivity contribution < 1.29 is 4.92 Å². The lowest BCUT2D eigenvalue weighted by Crippen LogP contribution is -2.11. The number of nitrogens with one attached hydrogen (secondary N) is 1. The summed E-state index contributed by atoms with van der Waals surface area (Å²) in [6.45, 7) is 2.76. The summed E-state index contributed by atoms with van der Waals surface area (Å²) in [6, 6.07) is 5.22. The normalized spacial score (nSPS) is 16.1. The van der Waals surface area contributed by atoms with Gasteiger partial charge in [0.15, 0.2) is 0 Å². The molecule has 0 aromatic heterocycles. The summed E-state index contributed by atoms with van der Waals surface area (Å²) in [5, 5.41) is 14.1. The predicted octanol–water partition coefficient (Wildman–Crippen LogP) is 3.51. The van der Waals surface area contributed by atoms with Crippen LogP contribution in [-0.2, 0) is 0 Å². The second-order valence-corrected chi connectivity index (χ2v) is 4.79. The molecule has 0 unspecified atom stereocenters. The highest BCUT2D eigenvalue weighted by atomic mass is 16.6. The molecule has 2 rings (SSSR count). The summed E-state index contributed by atoms with van der Waals surface area (Å²) in [7, 11) is 0. The lowest BCUT2D eigenvalue weighted by atomic mass is 10.1. The van der Waals surface area contributed by atoms with Crippen molar-refractivity contribution in [1.82, 2.24) is 0 Å². The minimum Gasteiger partial charge on any atom is -0.385 e. The third-order valence-corrected chi connectivity index (χ3v) is 3.46. The van der Waals surface area contributed by atoms with Gasteiger partial charge in [0.2, 0.25) is 0 Å². The number of hydrogen-bond donors (Lipinski definition) is 1. The monoisotopic (exact) mass is 234 g/mol. The van der Waals surface area contributed by atoms with E-state index in [2.05, 4.69) is 5.32 Å². The van der Waals surface area contributed by atoms with Crippen molar-refractivity contribution in [1.29, 1.82) is 0 Å². The molecule has 0 atom stereocenters. The van der Waals surface area contributed by atoms with Crippen molar-refractivity contribution in [2.75, 3.05) is 11.9 Å². The Balaban J connectivity index is 1.97. The Bertz CT molecular complexity index is 412. The maximum Gasteiger partial charge on any atom is 0.272 e. The first-order valence-electron chi connectivity index (χ1n) is 6.16. The van der Waals surface area contributed by atoms with E-state index in [0.29, 0.717) is 5.56 Å². The topological polar surface area (TPSA) is 55.2 Å². The summed E-state index contributed by atoms with van der Waals surface area (Å²) in [6.07, 6.45) is 5.29. The molecule has 1 aromatic carbocycles. The van der Waals surface area contributed by atoms with Crippen LogP contribution in [0.4, 0.5) is 11.4 Å². The highest BCUT2D eigenvalue weighted by Gasteiger charge is 2.15. The van der Waals surface area contributed by atoms with Crippen LogP contribution in [0.1, 0.15) is 31.2 Å². The molecule has 1 N–H and O–H groups in total. The molecule has 4 nitrogen and oxygen atoms in total. The van der Waals surface area contributed by atoms with Crippen molar-refractivity contribution in [3.05, 3.63) is 33.9 Å². The Labute approximate surface area is 101 Å².